The quantitative estimate of drug-likeness (QED) is 0.619. The first kappa shape index (κ1) is 19.1. The minimum absolute atomic E-state index is 0.191. The van der Waals surface area contributed by atoms with E-state index < -0.39 is 10.2 Å². The van der Waals surface area contributed by atoms with Crippen molar-refractivity contribution in [2.45, 2.75) is 18.9 Å². The Bertz CT molecular complexity index is 1180. The van der Waals surface area contributed by atoms with Crippen molar-refractivity contribution in [3.8, 4) is 10.6 Å². The summed E-state index contributed by atoms with van der Waals surface area (Å²) in [5, 5.41) is 5.87. The summed E-state index contributed by atoms with van der Waals surface area (Å²) in [6.45, 7) is 0.922. The highest BCUT2D eigenvalue weighted by molar-refractivity contribution is 7.94. The molecule has 0 spiro atoms. The Hall–Kier alpha value is -2.85. The third-order valence-corrected chi connectivity index (χ3v) is 8.39. The van der Waals surface area contributed by atoms with E-state index >= 15 is 0 Å². The molecule has 1 fully saturated rings. The second kappa shape index (κ2) is 7.13. The molecule has 0 aliphatic carbocycles. The maximum atomic E-state index is 13.0. The number of amides is 1. The molecule has 0 N–H and O–H groups in total. The van der Waals surface area contributed by atoms with Crippen molar-refractivity contribution < 1.29 is 17.7 Å². The van der Waals surface area contributed by atoms with Crippen molar-refractivity contribution in [2.24, 2.45) is 0 Å². The lowest BCUT2D eigenvalue weighted by molar-refractivity contribution is 0.0705. The highest BCUT2D eigenvalue weighted by Gasteiger charge is 2.43. The van der Waals surface area contributed by atoms with E-state index in [2.05, 4.69) is 5.16 Å². The number of thiophene rings is 1. The van der Waals surface area contributed by atoms with Gasteiger partial charge in [0.15, 0.2) is 11.5 Å². The van der Waals surface area contributed by atoms with Gasteiger partial charge in [0.2, 0.25) is 0 Å². The van der Waals surface area contributed by atoms with E-state index in [-0.39, 0.29) is 17.6 Å². The molecule has 2 aliphatic heterocycles. The Balaban J connectivity index is 1.31. The molecule has 10 heteroatoms. The molecular weight excluding hydrogens is 424 g/mol. The van der Waals surface area contributed by atoms with Gasteiger partial charge in [-0.1, -0.05) is 23.4 Å². The molecule has 1 aromatic carbocycles. The van der Waals surface area contributed by atoms with Gasteiger partial charge in [-0.3, -0.25) is 9.10 Å². The average molecular weight is 445 g/mol. The number of piperidine rings is 1. The van der Waals surface area contributed by atoms with Crippen LogP contribution in [-0.2, 0) is 10.2 Å². The largest absolute Gasteiger partial charge is 0.355 e. The Morgan fingerprint density at radius 3 is 2.57 bits per heavy atom. The minimum atomic E-state index is -3.60. The fourth-order valence-electron chi connectivity index (χ4n) is 4.06. The molecule has 0 saturated carbocycles. The molecule has 1 amide bonds. The van der Waals surface area contributed by atoms with Gasteiger partial charge in [-0.15, -0.1) is 11.3 Å². The van der Waals surface area contributed by atoms with Crippen molar-refractivity contribution in [1.29, 1.82) is 0 Å². The van der Waals surface area contributed by atoms with E-state index in [1.807, 2.05) is 35.7 Å². The van der Waals surface area contributed by atoms with Crippen LogP contribution < -0.4 is 8.61 Å². The number of likely N-dealkylation sites (tertiary alicyclic amines) is 1. The molecular formula is C20H20N4O4S2. The van der Waals surface area contributed by atoms with E-state index in [1.54, 1.807) is 24.1 Å². The molecule has 8 nitrogen and oxygen atoms in total. The van der Waals surface area contributed by atoms with Crippen LogP contribution in [0.1, 0.15) is 23.3 Å². The number of rotatable bonds is 3. The van der Waals surface area contributed by atoms with Gasteiger partial charge in [0.05, 0.1) is 22.3 Å². The first-order chi connectivity index (χ1) is 14.5. The summed E-state index contributed by atoms with van der Waals surface area (Å²) < 4.78 is 34.1. The molecule has 2 aromatic heterocycles. The molecule has 0 bridgehead atoms. The molecule has 0 atom stereocenters. The third-order valence-electron chi connectivity index (χ3n) is 5.63. The number of carbonyl (C=O) groups excluding carboxylic acids is 1. The van der Waals surface area contributed by atoms with Gasteiger partial charge in [-0.25, -0.2) is 4.31 Å². The molecule has 5 rings (SSSR count). The molecule has 1 saturated heterocycles. The van der Waals surface area contributed by atoms with E-state index in [1.165, 1.54) is 19.9 Å². The number of hydrogen-bond acceptors (Lipinski definition) is 6. The normalized spacial score (nSPS) is 18.6. The van der Waals surface area contributed by atoms with Crippen molar-refractivity contribution in [3.63, 3.8) is 0 Å². The van der Waals surface area contributed by atoms with Gasteiger partial charge in [0, 0.05) is 26.2 Å². The fourth-order valence-corrected chi connectivity index (χ4v) is 6.39. The molecule has 2 aliphatic rings. The first-order valence-electron chi connectivity index (χ1n) is 9.64. The van der Waals surface area contributed by atoms with Gasteiger partial charge in [0.25, 0.3) is 5.91 Å². The van der Waals surface area contributed by atoms with E-state index in [0.29, 0.717) is 43.1 Å². The Labute approximate surface area is 178 Å². The second-order valence-corrected chi connectivity index (χ2v) is 10.1. The Morgan fingerprint density at radius 2 is 1.87 bits per heavy atom. The number of benzene rings is 1. The smallest absolute Gasteiger partial charge is 0.326 e. The van der Waals surface area contributed by atoms with Crippen LogP contribution in [0.4, 0.5) is 11.4 Å². The van der Waals surface area contributed by atoms with E-state index in [0.717, 1.165) is 4.88 Å². The van der Waals surface area contributed by atoms with Crippen LogP contribution in [0, 0.1) is 0 Å². The predicted octanol–water partition coefficient (Wildman–Crippen LogP) is 3.21. The van der Waals surface area contributed by atoms with Gasteiger partial charge >= 0.3 is 10.2 Å². The van der Waals surface area contributed by atoms with Gasteiger partial charge in [-0.2, -0.15) is 8.42 Å². The van der Waals surface area contributed by atoms with Crippen LogP contribution in [0.15, 0.2) is 52.4 Å². The summed E-state index contributed by atoms with van der Waals surface area (Å²) in [4.78, 5) is 15.5. The number of hydrogen-bond donors (Lipinski definition) is 0. The van der Waals surface area contributed by atoms with Crippen molar-refractivity contribution in [2.75, 3.05) is 28.7 Å². The number of fused-ring (bicyclic) bond motifs is 1. The molecule has 30 heavy (non-hydrogen) atoms. The lowest BCUT2D eigenvalue weighted by Crippen LogP contribution is -2.49. The highest BCUT2D eigenvalue weighted by atomic mass is 32.2. The fraction of sp³-hybridized carbons (Fsp3) is 0.300. The van der Waals surface area contributed by atoms with E-state index in [9.17, 15) is 13.2 Å². The van der Waals surface area contributed by atoms with Crippen LogP contribution in [0.5, 0.6) is 0 Å². The minimum Gasteiger partial charge on any atom is -0.355 e. The van der Waals surface area contributed by atoms with Crippen LogP contribution in [0.25, 0.3) is 10.6 Å². The highest BCUT2D eigenvalue weighted by Crippen LogP contribution is 2.42. The molecule has 3 aromatic rings. The zero-order valence-corrected chi connectivity index (χ0v) is 17.9. The summed E-state index contributed by atoms with van der Waals surface area (Å²) in [7, 11) is -2.03. The predicted molar refractivity (Wildman–Crippen MR) is 115 cm³/mol. The lowest BCUT2D eigenvalue weighted by atomic mass is 10.0. The molecule has 156 valence electrons. The van der Waals surface area contributed by atoms with Crippen LogP contribution in [0.3, 0.4) is 0 Å². The van der Waals surface area contributed by atoms with E-state index in [4.69, 9.17) is 4.52 Å². The summed E-state index contributed by atoms with van der Waals surface area (Å²) in [5.41, 5.74) is 1.65. The van der Waals surface area contributed by atoms with Crippen molar-refractivity contribution in [1.82, 2.24) is 10.1 Å². The average Bonchev–Trinajstić information content (AvgIpc) is 3.48. The maximum Gasteiger partial charge on any atom is 0.326 e. The zero-order valence-electron chi connectivity index (χ0n) is 16.3. The second-order valence-electron chi connectivity index (χ2n) is 7.34. The third kappa shape index (κ3) is 2.98. The number of anilines is 2. The number of aromatic nitrogens is 1. The zero-order chi connectivity index (χ0) is 20.9. The summed E-state index contributed by atoms with van der Waals surface area (Å²) >= 11 is 1.52. The maximum absolute atomic E-state index is 13.0. The van der Waals surface area contributed by atoms with Crippen molar-refractivity contribution >= 4 is 38.8 Å². The lowest BCUT2D eigenvalue weighted by Gasteiger charge is -2.36. The molecule has 0 radical (unpaired) electrons. The van der Waals surface area contributed by atoms with Crippen LogP contribution in [0.2, 0.25) is 0 Å². The van der Waals surface area contributed by atoms with Crippen LogP contribution in [-0.4, -0.2) is 50.6 Å². The summed E-state index contributed by atoms with van der Waals surface area (Å²) in [6.07, 6.45) is 1.12. The topological polar surface area (TPSA) is 87.0 Å². The number of nitrogens with zero attached hydrogens (tertiary/aromatic N) is 4. The summed E-state index contributed by atoms with van der Waals surface area (Å²) in [6, 6.07) is 12.6. The Morgan fingerprint density at radius 1 is 1.13 bits per heavy atom. The number of carbonyl (C=O) groups is 1. The first-order valence-corrected chi connectivity index (χ1v) is 11.9. The van der Waals surface area contributed by atoms with Crippen LogP contribution >= 0.6 is 11.3 Å². The van der Waals surface area contributed by atoms with Gasteiger partial charge in [-0.05, 0) is 36.4 Å². The Kier molecular flexibility index (Phi) is 4.55. The molecule has 0 unspecified atom stereocenters. The van der Waals surface area contributed by atoms with Crippen molar-refractivity contribution in [3.05, 3.63) is 53.5 Å². The number of para-hydroxylation sites is 2. The standard InChI is InChI=1S/C20H20N4O4S2/c1-22-16-5-2-3-6-17(16)24(30(22,26)27)14-8-10-23(11-9-14)20(25)15-13-18(28-21-15)19-7-4-12-29-19/h2-7,12-14H,8-11H2,1H3. The SMILES string of the molecule is CN1c2ccccc2N(C2CCN(C(=O)c3cc(-c4cccs4)on3)CC2)S1(=O)=O. The monoisotopic (exact) mass is 444 g/mol. The molecule has 4 heterocycles. The van der Waals surface area contributed by atoms with Gasteiger partial charge < -0.3 is 9.42 Å². The summed E-state index contributed by atoms with van der Waals surface area (Å²) in [5.74, 6) is 0.382. The van der Waals surface area contributed by atoms with Gasteiger partial charge in [0.1, 0.15) is 0 Å².